The monoisotopic (exact) mass is 479 g/mol. The molecular weight excluding hydrogens is 446 g/mol. The molecule has 1 amide bonds. The molecule has 0 aliphatic carbocycles. The molecule has 3 aromatic heterocycles. The van der Waals surface area contributed by atoms with Crippen LogP contribution in [0.1, 0.15) is 28.8 Å². The number of pyridine rings is 1. The topological polar surface area (TPSA) is 77.5 Å². The summed E-state index contributed by atoms with van der Waals surface area (Å²) in [6.07, 6.45) is 5.22. The van der Waals surface area contributed by atoms with Crippen LogP contribution in [0.4, 0.5) is 11.6 Å². The summed E-state index contributed by atoms with van der Waals surface area (Å²) >= 11 is 1.72. The SMILES string of the molecule is Cc1sc2ncnc(N3CCC(C(=O)NCc4ccc(N5CCN(C)CC5)nc4)CC3)c2c1C. The third kappa shape index (κ3) is 4.72. The summed E-state index contributed by atoms with van der Waals surface area (Å²) in [4.78, 5) is 35.8. The minimum absolute atomic E-state index is 0.0384. The Kier molecular flexibility index (Phi) is 6.65. The van der Waals surface area contributed by atoms with Gasteiger partial charge in [0.25, 0.3) is 0 Å². The number of thiophene rings is 1. The van der Waals surface area contributed by atoms with E-state index in [-0.39, 0.29) is 11.8 Å². The van der Waals surface area contributed by atoms with E-state index >= 15 is 0 Å². The van der Waals surface area contributed by atoms with E-state index in [1.54, 1.807) is 17.7 Å². The zero-order chi connectivity index (χ0) is 23.7. The molecule has 1 N–H and O–H groups in total. The maximum absolute atomic E-state index is 12.8. The lowest BCUT2D eigenvalue weighted by molar-refractivity contribution is -0.125. The number of nitrogens with zero attached hydrogens (tertiary/aromatic N) is 6. The summed E-state index contributed by atoms with van der Waals surface area (Å²) in [5, 5.41) is 4.30. The van der Waals surface area contributed by atoms with Crippen molar-refractivity contribution in [3.05, 3.63) is 40.7 Å². The van der Waals surface area contributed by atoms with Gasteiger partial charge in [0.15, 0.2) is 0 Å². The highest BCUT2D eigenvalue weighted by molar-refractivity contribution is 7.18. The average molecular weight is 480 g/mol. The van der Waals surface area contributed by atoms with E-state index in [4.69, 9.17) is 0 Å². The normalized spacial score (nSPS) is 18.0. The fraction of sp³-hybridized carbons (Fsp3) is 0.520. The van der Waals surface area contributed by atoms with Gasteiger partial charge in [-0.1, -0.05) is 6.07 Å². The molecule has 0 radical (unpaired) electrons. The number of piperidine rings is 1. The van der Waals surface area contributed by atoms with Crippen molar-refractivity contribution in [3.63, 3.8) is 0 Å². The molecular formula is C25H33N7OS. The maximum atomic E-state index is 12.8. The molecule has 34 heavy (non-hydrogen) atoms. The Bertz CT molecular complexity index is 1150. The predicted octanol–water partition coefficient (Wildman–Crippen LogP) is 2.99. The number of likely N-dealkylation sites (N-methyl/N-ethyl adjacent to an activating group) is 1. The number of aromatic nitrogens is 3. The summed E-state index contributed by atoms with van der Waals surface area (Å²) < 4.78 is 0. The number of hydrogen-bond donors (Lipinski definition) is 1. The number of amides is 1. The number of hydrogen-bond acceptors (Lipinski definition) is 8. The standard InChI is InChI=1S/C25H33N7OS/c1-17-18(2)34-25-22(17)23(28-16-29-25)32-8-6-20(7-9-32)24(33)27-15-19-4-5-21(26-14-19)31-12-10-30(3)11-13-31/h4-5,14,16,20H,6-13,15H2,1-3H3,(H,27,33). The number of nitrogens with one attached hydrogen (secondary N) is 1. The lowest BCUT2D eigenvalue weighted by Gasteiger charge is -2.33. The van der Waals surface area contributed by atoms with Crippen LogP contribution in [0.25, 0.3) is 10.2 Å². The first kappa shape index (κ1) is 23.0. The molecule has 8 nitrogen and oxygen atoms in total. The van der Waals surface area contributed by atoms with Crippen molar-refractivity contribution in [1.82, 2.24) is 25.2 Å². The van der Waals surface area contributed by atoms with Crippen LogP contribution in [0.2, 0.25) is 0 Å². The Morgan fingerprint density at radius 2 is 1.79 bits per heavy atom. The molecule has 3 aromatic rings. The van der Waals surface area contributed by atoms with Gasteiger partial charge in [0.05, 0.1) is 5.39 Å². The number of rotatable bonds is 5. The molecule has 9 heteroatoms. The van der Waals surface area contributed by atoms with Gasteiger partial charge >= 0.3 is 0 Å². The smallest absolute Gasteiger partial charge is 0.223 e. The minimum atomic E-state index is 0.0384. The van der Waals surface area contributed by atoms with Crippen molar-refractivity contribution < 1.29 is 4.79 Å². The van der Waals surface area contributed by atoms with Crippen molar-refractivity contribution in [2.75, 3.05) is 56.1 Å². The van der Waals surface area contributed by atoms with Gasteiger partial charge in [-0.25, -0.2) is 15.0 Å². The first-order valence-electron chi connectivity index (χ1n) is 12.1. The van der Waals surface area contributed by atoms with Crippen LogP contribution in [0, 0.1) is 19.8 Å². The number of anilines is 2. The Morgan fingerprint density at radius 3 is 2.50 bits per heavy atom. The summed E-state index contributed by atoms with van der Waals surface area (Å²) in [5.74, 6) is 2.21. The molecule has 5 rings (SSSR count). The molecule has 2 fully saturated rings. The Morgan fingerprint density at radius 1 is 1.03 bits per heavy atom. The molecule has 0 atom stereocenters. The highest BCUT2D eigenvalue weighted by Gasteiger charge is 2.27. The average Bonchev–Trinajstić information content (AvgIpc) is 3.17. The Balaban J connectivity index is 1.13. The Hall–Kier alpha value is -2.78. The quantitative estimate of drug-likeness (QED) is 0.603. The van der Waals surface area contributed by atoms with Gasteiger partial charge in [0.1, 0.15) is 22.8 Å². The van der Waals surface area contributed by atoms with Crippen molar-refractivity contribution in [2.45, 2.75) is 33.2 Å². The largest absolute Gasteiger partial charge is 0.356 e. The van der Waals surface area contributed by atoms with E-state index in [2.05, 4.69) is 68.0 Å². The fourth-order valence-electron chi connectivity index (χ4n) is 4.83. The van der Waals surface area contributed by atoms with Gasteiger partial charge in [-0.2, -0.15) is 0 Å². The number of aryl methyl sites for hydroxylation is 2. The first-order valence-corrected chi connectivity index (χ1v) is 12.9. The van der Waals surface area contributed by atoms with E-state index in [9.17, 15) is 4.79 Å². The van der Waals surface area contributed by atoms with Crippen LogP contribution >= 0.6 is 11.3 Å². The van der Waals surface area contributed by atoms with Crippen LogP contribution in [0.15, 0.2) is 24.7 Å². The van der Waals surface area contributed by atoms with E-state index in [0.29, 0.717) is 6.54 Å². The van der Waals surface area contributed by atoms with Crippen molar-refractivity contribution in [3.8, 4) is 0 Å². The molecule has 2 saturated heterocycles. The molecule has 2 aliphatic heterocycles. The molecule has 0 spiro atoms. The van der Waals surface area contributed by atoms with E-state index in [1.165, 1.54) is 15.8 Å². The second-order valence-electron chi connectivity index (χ2n) is 9.45. The minimum Gasteiger partial charge on any atom is -0.356 e. The number of carbonyl (C=O) groups is 1. The van der Waals surface area contributed by atoms with Crippen molar-refractivity contribution >= 4 is 39.1 Å². The molecule has 2 aliphatic rings. The highest BCUT2D eigenvalue weighted by atomic mass is 32.1. The third-order valence-electron chi connectivity index (χ3n) is 7.21. The first-order chi connectivity index (χ1) is 16.5. The Labute approximate surface area is 205 Å². The summed E-state index contributed by atoms with van der Waals surface area (Å²) in [6, 6.07) is 4.15. The zero-order valence-electron chi connectivity index (χ0n) is 20.3. The maximum Gasteiger partial charge on any atom is 0.223 e. The van der Waals surface area contributed by atoms with Gasteiger partial charge < -0.3 is 20.0 Å². The van der Waals surface area contributed by atoms with E-state index < -0.39 is 0 Å². The third-order valence-corrected chi connectivity index (χ3v) is 8.33. The van der Waals surface area contributed by atoms with Crippen LogP contribution in [-0.4, -0.2) is 72.1 Å². The van der Waals surface area contributed by atoms with Gasteiger partial charge in [0.2, 0.25) is 5.91 Å². The van der Waals surface area contributed by atoms with Crippen LogP contribution in [0.5, 0.6) is 0 Å². The summed E-state index contributed by atoms with van der Waals surface area (Å²) in [5.41, 5.74) is 2.30. The van der Waals surface area contributed by atoms with Crippen molar-refractivity contribution in [2.24, 2.45) is 5.92 Å². The van der Waals surface area contributed by atoms with Crippen LogP contribution < -0.4 is 15.1 Å². The van der Waals surface area contributed by atoms with E-state index in [1.807, 2.05) is 6.20 Å². The predicted molar refractivity (Wildman–Crippen MR) is 138 cm³/mol. The van der Waals surface area contributed by atoms with Gasteiger partial charge in [0, 0.05) is 62.8 Å². The summed E-state index contributed by atoms with van der Waals surface area (Å²) in [7, 11) is 2.15. The lowest BCUT2D eigenvalue weighted by atomic mass is 9.95. The molecule has 0 saturated carbocycles. The fourth-order valence-corrected chi connectivity index (χ4v) is 5.83. The second-order valence-corrected chi connectivity index (χ2v) is 10.7. The van der Waals surface area contributed by atoms with Crippen LogP contribution in [-0.2, 0) is 11.3 Å². The molecule has 0 aromatic carbocycles. The van der Waals surface area contributed by atoms with E-state index in [0.717, 1.165) is 74.1 Å². The number of fused-ring (bicyclic) bond motifs is 1. The summed E-state index contributed by atoms with van der Waals surface area (Å²) in [6.45, 7) is 10.6. The zero-order valence-corrected chi connectivity index (χ0v) is 21.1. The van der Waals surface area contributed by atoms with Gasteiger partial charge in [-0.05, 0) is 50.9 Å². The molecule has 180 valence electrons. The van der Waals surface area contributed by atoms with Gasteiger partial charge in [-0.15, -0.1) is 11.3 Å². The molecule has 5 heterocycles. The number of piperazine rings is 1. The highest BCUT2D eigenvalue weighted by Crippen LogP contribution is 2.35. The molecule has 0 bridgehead atoms. The van der Waals surface area contributed by atoms with Crippen LogP contribution in [0.3, 0.4) is 0 Å². The van der Waals surface area contributed by atoms with Gasteiger partial charge in [-0.3, -0.25) is 4.79 Å². The number of carbonyl (C=O) groups excluding carboxylic acids is 1. The second kappa shape index (κ2) is 9.84. The lowest BCUT2D eigenvalue weighted by Crippen LogP contribution is -2.44. The molecule has 0 unspecified atom stereocenters. The van der Waals surface area contributed by atoms with Crippen molar-refractivity contribution in [1.29, 1.82) is 0 Å².